The molecule has 0 aliphatic carbocycles. The Bertz CT molecular complexity index is 581. The second kappa shape index (κ2) is 6.27. The molecule has 1 nitrogen and oxygen atoms in total. The van der Waals surface area contributed by atoms with E-state index in [1.54, 1.807) is 0 Å². The minimum absolute atomic E-state index is 1.12. The van der Waals surface area contributed by atoms with E-state index >= 15 is 0 Å². The molecular weight excluding hydrogens is 310 g/mol. The van der Waals surface area contributed by atoms with E-state index in [-0.39, 0.29) is 0 Å². The standard InChI is InChI=1S/C18H18BrN/c19-17-10-8-15(9-11-17)14-18(20-12-4-5-13-20)16-6-2-1-3-7-16/h1-3,6-11,14H,4-5,12-13H2/b18-14+. The third-order valence-corrected chi connectivity index (χ3v) is 4.22. The Labute approximate surface area is 129 Å². The van der Waals surface area contributed by atoms with Gasteiger partial charge >= 0.3 is 0 Å². The van der Waals surface area contributed by atoms with Crippen LogP contribution in [0.3, 0.4) is 0 Å². The SMILES string of the molecule is Brc1ccc(/C=C(\c2ccccc2)N2CCCC2)cc1. The van der Waals surface area contributed by atoms with Crippen molar-refractivity contribution in [3.63, 3.8) is 0 Å². The van der Waals surface area contributed by atoms with E-state index in [0.29, 0.717) is 0 Å². The van der Waals surface area contributed by atoms with E-state index in [1.165, 1.54) is 29.7 Å². The molecule has 0 bridgehead atoms. The van der Waals surface area contributed by atoms with Crippen LogP contribution in [0.1, 0.15) is 24.0 Å². The predicted octanol–water partition coefficient (Wildman–Crippen LogP) is 5.04. The monoisotopic (exact) mass is 327 g/mol. The smallest absolute Gasteiger partial charge is 0.0445 e. The van der Waals surface area contributed by atoms with Crippen LogP contribution < -0.4 is 0 Å². The first-order valence-corrected chi connectivity index (χ1v) is 7.90. The summed E-state index contributed by atoms with van der Waals surface area (Å²) >= 11 is 3.49. The van der Waals surface area contributed by atoms with Crippen molar-refractivity contribution in [1.29, 1.82) is 0 Å². The largest absolute Gasteiger partial charge is 0.371 e. The minimum Gasteiger partial charge on any atom is -0.371 e. The van der Waals surface area contributed by atoms with Gasteiger partial charge in [0, 0.05) is 23.3 Å². The molecule has 1 fully saturated rings. The van der Waals surface area contributed by atoms with Gasteiger partial charge in [0.2, 0.25) is 0 Å². The summed E-state index contributed by atoms with van der Waals surface area (Å²) in [7, 11) is 0. The van der Waals surface area contributed by atoms with Gasteiger partial charge in [-0.3, -0.25) is 0 Å². The number of rotatable bonds is 3. The van der Waals surface area contributed by atoms with Gasteiger partial charge in [-0.15, -0.1) is 0 Å². The first-order valence-electron chi connectivity index (χ1n) is 7.10. The van der Waals surface area contributed by atoms with Crippen LogP contribution in [-0.2, 0) is 0 Å². The number of halogens is 1. The fraction of sp³-hybridized carbons (Fsp3) is 0.222. The molecule has 0 unspecified atom stereocenters. The number of benzene rings is 2. The molecule has 0 aromatic heterocycles. The van der Waals surface area contributed by atoms with Gasteiger partial charge in [-0.2, -0.15) is 0 Å². The van der Waals surface area contributed by atoms with Crippen molar-refractivity contribution in [2.75, 3.05) is 13.1 Å². The van der Waals surface area contributed by atoms with Gasteiger partial charge in [0.25, 0.3) is 0 Å². The summed E-state index contributed by atoms with van der Waals surface area (Å²) in [6, 6.07) is 19.2. The minimum atomic E-state index is 1.12. The van der Waals surface area contributed by atoms with Crippen molar-refractivity contribution >= 4 is 27.7 Å². The highest BCUT2D eigenvalue weighted by atomic mass is 79.9. The predicted molar refractivity (Wildman–Crippen MR) is 89.3 cm³/mol. The average Bonchev–Trinajstić information content (AvgIpc) is 3.01. The zero-order chi connectivity index (χ0) is 13.8. The molecule has 0 N–H and O–H groups in total. The first kappa shape index (κ1) is 13.4. The first-order chi connectivity index (χ1) is 9.83. The highest BCUT2D eigenvalue weighted by Gasteiger charge is 2.16. The van der Waals surface area contributed by atoms with Gasteiger partial charge < -0.3 is 4.90 Å². The third-order valence-electron chi connectivity index (χ3n) is 3.69. The summed E-state index contributed by atoms with van der Waals surface area (Å²) in [5.74, 6) is 0. The molecule has 0 spiro atoms. The van der Waals surface area contributed by atoms with E-state index in [4.69, 9.17) is 0 Å². The maximum absolute atomic E-state index is 3.49. The molecule has 0 saturated carbocycles. The van der Waals surface area contributed by atoms with Crippen LogP contribution in [0.4, 0.5) is 0 Å². The molecule has 1 aliphatic rings. The van der Waals surface area contributed by atoms with Crippen LogP contribution in [0.25, 0.3) is 11.8 Å². The van der Waals surface area contributed by atoms with Crippen molar-refractivity contribution < 1.29 is 0 Å². The highest BCUT2D eigenvalue weighted by Crippen LogP contribution is 2.26. The fourth-order valence-electron chi connectivity index (χ4n) is 2.64. The Morgan fingerprint density at radius 2 is 1.55 bits per heavy atom. The summed E-state index contributed by atoms with van der Waals surface area (Å²) in [5, 5.41) is 0. The molecule has 2 heteroatoms. The van der Waals surface area contributed by atoms with Crippen molar-refractivity contribution in [2.24, 2.45) is 0 Å². The Hall–Kier alpha value is -1.54. The molecule has 1 aliphatic heterocycles. The van der Waals surface area contributed by atoms with Gasteiger partial charge in [-0.25, -0.2) is 0 Å². The summed E-state index contributed by atoms with van der Waals surface area (Å²) in [4.78, 5) is 2.50. The van der Waals surface area contributed by atoms with Crippen LogP contribution in [0, 0.1) is 0 Å². The van der Waals surface area contributed by atoms with Crippen LogP contribution in [-0.4, -0.2) is 18.0 Å². The topological polar surface area (TPSA) is 3.24 Å². The molecule has 2 aromatic rings. The van der Waals surface area contributed by atoms with Crippen molar-refractivity contribution in [1.82, 2.24) is 4.90 Å². The number of likely N-dealkylation sites (tertiary alicyclic amines) is 1. The zero-order valence-electron chi connectivity index (χ0n) is 11.4. The number of hydrogen-bond acceptors (Lipinski definition) is 1. The molecule has 102 valence electrons. The second-order valence-corrected chi connectivity index (χ2v) is 6.06. The molecular formula is C18H18BrN. The quantitative estimate of drug-likeness (QED) is 0.713. The molecule has 2 aromatic carbocycles. The Morgan fingerprint density at radius 1 is 0.900 bits per heavy atom. The van der Waals surface area contributed by atoms with Gasteiger partial charge in [0.15, 0.2) is 0 Å². The molecule has 1 heterocycles. The van der Waals surface area contributed by atoms with Crippen molar-refractivity contribution in [3.8, 4) is 0 Å². The molecule has 1 saturated heterocycles. The zero-order valence-corrected chi connectivity index (χ0v) is 13.0. The molecule has 3 rings (SSSR count). The van der Waals surface area contributed by atoms with E-state index in [1.807, 2.05) is 0 Å². The maximum Gasteiger partial charge on any atom is 0.0445 e. The molecule has 0 amide bonds. The van der Waals surface area contributed by atoms with E-state index in [2.05, 4.69) is 81.5 Å². The Balaban J connectivity index is 1.98. The van der Waals surface area contributed by atoms with Gasteiger partial charge in [0.1, 0.15) is 0 Å². The maximum atomic E-state index is 3.49. The number of hydrogen-bond donors (Lipinski definition) is 0. The van der Waals surface area contributed by atoms with E-state index in [0.717, 1.165) is 17.6 Å². The number of nitrogens with zero attached hydrogens (tertiary/aromatic N) is 1. The lowest BCUT2D eigenvalue weighted by Crippen LogP contribution is -2.17. The summed E-state index contributed by atoms with van der Waals surface area (Å²) in [6.07, 6.45) is 4.89. The van der Waals surface area contributed by atoms with E-state index < -0.39 is 0 Å². The lowest BCUT2D eigenvalue weighted by atomic mass is 10.1. The lowest BCUT2D eigenvalue weighted by Gasteiger charge is -2.22. The van der Waals surface area contributed by atoms with Gasteiger partial charge in [0.05, 0.1) is 0 Å². The van der Waals surface area contributed by atoms with Crippen LogP contribution in [0.15, 0.2) is 59.1 Å². The summed E-state index contributed by atoms with van der Waals surface area (Å²) in [6.45, 7) is 2.33. The average molecular weight is 328 g/mol. The molecule has 0 radical (unpaired) electrons. The van der Waals surface area contributed by atoms with Crippen LogP contribution in [0.5, 0.6) is 0 Å². The fourth-order valence-corrected chi connectivity index (χ4v) is 2.91. The second-order valence-electron chi connectivity index (χ2n) is 5.14. The lowest BCUT2D eigenvalue weighted by molar-refractivity contribution is 0.495. The van der Waals surface area contributed by atoms with Crippen LogP contribution >= 0.6 is 15.9 Å². The molecule has 20 heavy (non-hydrogen) atoms. The van der Waals surface area contributed by atoms with Crippen LogP contribution in [0.2, 0.25) is 0 Å². The van der Waals surface area contributed by atoms with Gasteiger partial charge in [-0.1, -0.05) is 58.4 Å². The Kier molecular flexibility index (Phi) is 4.22. The van der Waals surface area contributed by atoms with E-state index in [9.17, 15) is 0 Å². The normalized spacial score (nSPS) is 15.7. The molecule has 0 atom stereocenters. The highest BCUT2D eigenvalue weighted by molar-refractivity contribution is 9.10. The summed E-state index contributed by atoms with van der Waals surface area (Å²) < 4.78 is 1.12. The van der Waals surface area contributed by atoms with Crippen molar-refractivity contribution in [2.45, 2.75) is 12.8 Å². The third kappa shape index (κ3) is 3.13. The van der Waals surface area contributed by atoms with Crippen molar-refractivity contribution in [3.05, 3.63) is 70.2 Å². The summed E-state index contributed by atoms with van der Waals surface area (Å²) in [5.41, 5.74) is 3.89. The Morgan fingerprint density at radius 3 is 2.20 bits per heavy atom. The van der Waals surface area contributed by atoms with Gasteiger partial charge in [-0.05, 0) is 42.2 Å².